The van der Waals surface area contributed by atoms with Crippen LogP contribution >= 0.6 is 11.3 Å². The molecule has 0 aliphatic heterocycles. The monoisotopic (exact) mass is 334 g/mol. The van der Waals surface area contributed by atoms with Crippen LogP contribution in [0.15, 0.2) is 63.8 Å². The summed E-state index contributed by atoms with van der Waals surface area (Å²) in [5, 5.41) is 1.98. The number of fused-ring (bicyclic) bond motifs is 1. The van der Waals surface area contributed by atoms with Gasteiger partial charge in [0.15, 0.2) is 5.58 Å². The summed E-state index contributed by atoms with van der Waals surface area (Å²) in [6.07, 6.45) is 3.83. The van der Waals surface area contributed by atoms with Crippen molar-refractivity contribution in [1.29, 1.82) is 0 Å². The maximum Gasteiger partial charge on any atom is 0.220 e. The Balaban J connectivity index is 1.42. The lowest BCUT2D eigenvalue weighted by Crippen LogP contribution is -1.94. The topological polar surface area (TPSA) is 48.2 Å². The highest BCUT2D eigenvalue weighted by atomic mass is 32.1. The van der Waals surface area contributed by atoms with E-state index in [1.54, 1.807) is 16.8 Å². The van der Waals surface area contributed by atoms with Crippen LogP contribution in [0.2, 0.25) is 0 Å². The first kappa shape index (κ1) is 14.7. The summed E-state index contributed by atoms with van der Waals surface area (Å²) >= 11 is 1.57. The fourth-order valence-corrected chi connectivity index (χ4v) is 2.81. The van der Waals surface area contributed by atoms with E-state index in [1.807, 2.05) is 66.1 Å². The largest absolute Gasteiger partial charge is 0.487 e. The van der Waals surface area contributed by atoms with Crippen molar-refractivity contribution < 1.29 is 9.15 Å². The second-order valence-corrected chi connectivity index (χ2v) is 5.91. The summed E-state index contributed by atoms with van der Waals surface area (Å²) in [4.78, 5) is 8.61. The number of para-hydroxylation sites is 2. The Morgan fingerprint density at radius 2 is 1.92 bits per heavy atom. The van der Waals surface area contributed by atoms with Gasteiger partial charge >= 0.3 is 0 Å². The molecule has 4 aromatic rings. The van der Waals surface area contributed by atoms with Crippen LogP contribution in [-0.2, 0) is 6.61 Å². The van der Waals surface area contributed by atoms with Crippen molar-refractivity contribution in [2.75, 3.05) is 0 Å². The molecule has 0 saturated carbocycles. The normalized spacial score (nSPS) is 11.3. The van der Waals surface area contributed by atoms with Crippen molar-refractivity contribution in [2.24, 2.45) is 0 Å². The molecule has 5 heteroatoms. The second-order valence-electron chi connectivity index (χ2n) is 5.19. The van der Waals surface area contributed by atoms with Crippen LogP contribution in [0.1, 0.15) is 17.1 Å². The molecular formula is C19H14N2O2S. The van der Waals surface area contributed by atoms with Gasteiger partial charge in [-0.25, -0.2) is 9.97 Å². The molecule has 0 spiro atoms. The van der Waals surface area contributed by atoms with E-state index in [0.29, 0.717) is 12.5 Å². The average Bonchev–Trinajstić information content (AvgIpc) is 3.28. The van der Waals surface area contributed by atoms with Gasteiger partial charge in [0.05, 0.1) is 11.2 Å². The Labute approximate surface area is 143 Å². The standard InChI is InChI=1S/C19H14N2O2S/c1-2-4-18-17(3-1)21-19(23-18)10-7-14-5-8-16(9-6-14)22-11-15-12-24-13-20-15/h1-10,12-13H,11H2/b10-7+. The van der Waals surface area contributed by atoms with Gasteiger partial charge in [-0.2, -0.15) is 0 Å². The first-order valence-corrected chi connectivity index (χ1v) is 8.45. The van der Waals surface area contributed by atoms with Gasteiger partial charge in [-0.05, 0) is 35.9 Å². The minimum atomic E-state index is 0.488. The van der Waals surface area contributed by atoms with Gasteiger partial charge < -0.3 is 9.15 Å². The molecular weight excluding hydrogens is 320 g/mol. The zero-order valence-electron chi connectivity index (χ0n) is 12.8. The second kappa shape index (κ2) is 6.68. The molecule has 0 bridgehead atoms. The van der Waals surface area contributed by atoms with E-state index < -0.39 is 0 Å². The zero-order chi connectivity index (χ0) is 16.2. The molecule has 4 rings (SSSR count). The Hall–Kier alpha value is -2.92. The Bertz CT molecular complexity index is 924. The minimum absolute atomic E-state index is 0.488. The number of benzene rings is 2. The van der Waals surface area contributed by atoms with Crippen LogP contribution in [0.4, 0.5) is 0 Å². The molecule has 2 aromatic carbocycles. The van der Waals surface area contributed by atoms with E-state index in [9.17, 15) is 0 Å². The van der Waals surface area contributed by atoms with Crippen molar-refractivity contribution in [1.82, 2.24) is 9.97 Å². The fourth-order valence-electron chi connectivity index (χ4n) is 2.27. The first-order valence-electron chi connectivity index (χ1n) is 7.50. The highest BCUT2D eigenvalue weighted by Crippen LogP contribution is 2.18. The number of nitrogens with zero attached hydrogens (tertiary/aromatic N) is 2. The minimum Gasteiger partial charge on any atom is -0.487 e. The van der Waals surface area contributed by atoms with Crippen LogP contribution < -0.4 is 4.74 Å². The van der Waals surface area contributed by atoms with Crippen molar-refractivity contribution >= 4 is 34.6 Å². The third kappa shape index (κ3) is 3.36. The number of aromatic nitrogens is 2. The lowest BCUT2D eigenvalue weighted by molar-refractivity contribution is 0.302. The molecule has 0 aliphatic rings. The van der Waals surface area contributed by atoms with Gasteiger partial charge in [-0.15, -0.1) is 11.3 Å². The summed E-state index contributed by atoms with van der Waals surface area (Å²) in [5.74, 6) is 1.42. The molecule has 0 fully saturated rings. The SMILES string of the molecule is C(=C\c1nc2ccccc2o1)/c1ccc(OCc2cscn2)cc1. The predicted molar refractivity (Wildman–Crippen MR) is 95.8 cm³/mol. The number of hydrogen-bond acceptors (Lipinski definition) is 5. The van der Waals surface area contributed by atoms with Gasteiger partial charge in [-0.3, -0.25) is 0 Å². The van der Waals surface area contributed by atoms with Gasteiger partial charge in [-0.1, -0.05) is 24.3 Å². The zero-order valence-corrected chi connectivity index (χ0v) is 13.6. The van der Waals surface area contributed by atoms with Crippen LogP contribution in [0.5, 0.6) is 5.75 Å². The third-order valence-corrected chi connectivity index (χ3v) is 4.11. The number of hydrogen-bond donors (Lipinski definition) is 0. The Kier molecular flexibility index (Phi) is 4.08. The van der Waals surface area contributed by atoms with Gasteiger partial charge in [0, 0.05) is 11.5 Å². The maximum atomic E-state index is 5.70. The van der Waals surface area contributed by atoms with Gasteiger partial charge in [0.1, 0.15) is 17.9 Å². The maximum absolute atomic E-state index is 5.70. The van der Waals surface area contributed by atoms with Crippen LogP contribution in [0.3, 0.4) is 0 Å². The smallest absolute Gasteiger partial charge is 0.220 e. The Morgan fingerprint density at radius 1 is 1.04 bits per heavy atom. The average molecular weight is 334 g/mol. The number of rotatable bonds is 5. The summed E-state index contributed by atoms with van der Waals surface area (Å²) in [6, 6.07) is 15.6. The van der Waals surface area contributed by atoms with E-state index >= 15 is 0 Å². The molecule has 4 nitrogen and oxygen atoms in total. The molecule has 24 heavy (non-hydrogen) atoms. The third-order valence-electron chi connectivity index (χ3n) is 3.48. The summed E-state index contributed by atoms with van der Waals surface area (Å²) < 4.78 is 11.4. The lowest BCUT2D eigenvalue weighted by Gasteiger charge is -2.04. The highest BCUT2D eigenvalue weighted by molar-refractivity contribution is 7.07. The van der Waals surface area contributed by atoms with Crippen molar-refractivity contribution in [3.05, 3.63) is 76.6 Å². The first-order chi connectivity index (χ1) is 11.9. The molecule has 0 radical (unpaired) electrons. The lowest BCUT2D eigenvalue weighted by atomic mass is 10.2. The molecule has 2 aromatic heterocycles. The van der Waals surface area contributed by atoms with Gasteiger partial charge in [0.2, 0.25) is 5.89 Å². The van der Waals surface area contributed by atoms with E-state index in [4.69, 9.17) is 9.15 Å². The Morgan fingerprint density at radius 3 is 2.71 bits per heavy atom. The van der Waals surface area contributed by atoms with Crippen LogP contribution in [0.25, 0.3) is 23.3 Å². The molecule has 0 atom stereocenters. The fraction of sp³-hybridized carbons (Fsp3) is 0.0526. The quantitative estimate of drug-likeness (QED) is 0.513. The van der Waals surface area contributed by atoms with Crippen molar-refractivity contribution in [3.8, 4) is 5.75 Å². The highest BCUT2D eigenvalue weighted by Gasteiger charge is 2.01. The molecule has 118 valence electrons. The van der Waals surface area contributed by atoms with E-state index in [1.165, 1.54) is 0 Å². The molecule has 2 heterocycles. The number of thiazole rings is 1. The summed E-state index contributed by atoms with van der Waals surface area (Å²) in [5.41, 5.74) is 5.46. The predicted octanol–water partition coefficient (Wildman–Crippen LogP) is 5.03. The molecule has 0 saturated heterocycles. The van der Waals surface area contributed by atoms with Crippen LogP contribution in [-0.4, -0.2) is 9.97 Å². The molecule has 0 amide bonds. The van der Waals surface area contributed by atoms with E-state index in [0.717, 1.165) is 28.1 Å². The number of ether oxygens (including phenoxy) is 1. The van der Waals surface area contributed by atoms with E-state index in [-0.39, 0.29) is 0 Å². The molecule has 0 N–H and O–H groups in total. The summed E-state index contributed by atoms with van der Waals surface area (Å²) in [7, 11) is 0. The van der Waals surface area contributed by atoms with Crippen molar-refractivity contribution in [3.63, 3.8) is 0 Å². The number of oxazole rings is 1. The molecule has 0 unspecified atom stereocenters. The molecule has 0 aliphatic carbocycles. The van der Waals surface area contributed by atoms with Crippen LogP contribution in [0, 0.1) is 0 Å². The van der Waals surface area contributed by atoms with Crippen molar-refractivity contribution in [2.45, 2.75) is 6.61 Å². The van der Waals surface area contributed by atoms with E-state index in [2.05, 4.69) is 9.97 Å². The van der Waals surface area contributed by atoms with Gasteiger partial charge in [0.25, 0.3) is 0 Å². The summed E-state index contributed by atoms with van der Waals surface area (Å²) in [6.45, 7) is 0.488.